The zero-order chi connectivity index (χ0) is 35.7. The third kappa shape index (κ3) is 6.52. The molecule has 5 heterocycles. The van der Waals surface area contributed by atoms with Crippen molar-refractivity contribution in [2.75, 3.05) is 39.3 Å². The van der Waals surface area contributed by atoms with Crippen LogP contribution in [-0.2, 0) is 19.1 Å². The van der Waals surface area contributed by atoms with E-state index in [-0.39, 0.29) is 18.2 Å². The standard InChI is InChI=1S/C26H30F3N7O5.C2HF3O2/c1-4-8-30-21(37)20(17-10-32-36-19(17)7-6-9-31-36)34-12-24(23(39)40-5-2)13-35(15-25(24,14-34)26(27,28)29)22(38)18-11-41-16(3)33-18;3-2(4,5)1(6)7/h6-7,9-11,20H,4-5,8,12-15H2,1-3H3,(H,30,37);(H,6,7)/t20?,24-,25-;/m1./s1. The van der Waals surface area contributed by atoms with E-state index in [0.717, 1.165) is 11.2 Å². The SMILES string of the molecule is CCCNC(=O)C(c1cnn2ncccc12)N1C[C@]2(C(=O)OCC)CN(C(=O)c3coc(C)n3)C[C@]2(C(F)(F)F)C1.O=C(O)C(F)(F)F. The van der Waals surface area contributed by atoms with Crippen LogP contribution in [0, 0.1) is 17.8 Å². The van der Waals surface area contributed by atoms with E-state index in [0.29, 0.717) is 24.0 Å². The molecule has 2 amide bonds. The molecule has 2 aliphatic heterocycles. The fourth-order valence-electron chi connectivity index (χ4n) is 6.07. The van der Waals surface area contributed by atoms with Crippen molar-refractivity contribution in [2.24, 2.45) is 10.8 Å². The number of carbonyl (C=O) groups is 4. The molecule has 3 atom stereocenters. The highest BCUT2D eigenvalue weighted by Crippen LogP contribution is 2.62. The molecule has 20 heteroatoms. The number of carboxylic acid groups (broad SMARTS) is 1. The number of hydrogen-bond acceptors (Lipinski definition) is 10. The molecule has 0 radical (unpaired) electrons. The number of halogens is 6. The number of carboxylic acids is 1. The number of aliphatic carboxylic acids is 1. The quantitative estimate of drug-likeness (QED) is 0.263. The van der Waals surface area contributed by atoms with Crippen LogP contribution in [-0.4, -0.2) is 110 Å². The molecule has 2 saturated heterocycles. The second-order valence-corrected chi connectivity index (χ2v) is 11.2. The summed E-state index contributed by atoms with van der Waals surface area (Å²) in [4.78, 5) is 55.6. The van der Waals surface area contributed by atoms with Gasteiger partial charge in [0.1, 0.15) is 23.1 Å². The summed E-state index contributed by atoms with van der Waals surface area (Å²) in [6.07, 6.45) is -5.47. The van der Waals surface area contributed by atoms with Gasteiger partial charge >= 0.3 is 24.3 Å². The van der Waals surface area contributed by atoms with E-state index in [9.17, 15) is 27.6 Å². The van der Waals surface area contributed by atoms with Crippen molar-refractivity contribution in [3.63, 3.8) is 0 Å². The Bertz CT molecular complexity index is 1680. The van der Waals surface area contributed by atoms with Crippen molar-refractivity contribution < 1.29 is 59.8 Å². The van der Waals surface area contributed by atoms with Crippen LogP contribution >= 0.6 is 0 Å². The summed E-state index contributed by atoms with van der Waals surface area (Å²) >= 11 is 0. The van der Waals surface area contributed by atoms with Crippen LogP contribution in [0.25, 0.3) is 5.52 Å². The zero-order valence-electron chi connectivity index (χ0n) is 25.8. The number of oxazole rings is 1. The van der Waals surface area contributed by atoms with Gasteiger partial charge in [0.25, 0.3) is 5.91 Å². The highest BCUT2D eigenvalue weighted by Gasteiger charge is 2.79. The average Bonchev–Trinajstić information content (AvgIpc) is 3.77. The number of alkyl halides is 6. The average molecular weight is 692 g/mol. The molecule has 2 aliphatic rings. The van der Waals surface area contributed by atoms with Crippen molar-refractivity contribution in [2.45, 2.75) is 45.6 Å². The number of amides is 2. The van der Waals surface area contributed by atoms with Gasteiger partial charge in [-0.15, -0.1) is 0 Å². The normalized spacial score (nSPS) is 21.7. The number of rotatable bonds is 8. The second kappa shape index (κ2) is 13.4. The lowest BCUT2D eigenvalue weighted by Gasteiger charge is -2.37. The van der Waals surface area contributed by atoms with Crippen LogP contribution in [0.2, 0.25) is 0 Å². The van der Waals surface area contributed by atoms with Gasteiger partial charge in [0.2, 0.25) is 5.91 Å². The summed E-state index contributed by atoms with van der Waals surface area (Å²) in [5.41, 5.74) is -4.32. The molecule has 2 fully saturated rings. The summed E-state index contributed by atoms with van der Waals surface area (Å²) in [7, 11) is 0. The Kier molecular flexibility index (Phi) is 10.1. The number of aromatic nitrogens is 4. The van der Waals surface area contributed by atoms with Gasteiger partial charge in [0.15, 0.2) is 11.6 Å². The highest BCUT2D eigenvalue weighted by molar-refractivity contribution is 5.94. The summed E-state index contributed by atoms with van der Waals surface area (Å²) in [5.74, 6) is -4.99. The maximum absolute atomic E-state index is 15.3. The molecule has 262 valence electrons. The maximum Gasteiger partial charge on any atom is 0.490 e. The van der Waals surface area contributed by atoms with E-state index in [4.69, 9.17) is 19.1 Å². The number of nitrogens with one attached hydrogen (secondary N) is 1. The van der Waals surface area contributed by atoms with E-state index in [1.54, 1.807) is 12.1 Å². The van der Waals surface area contributed by atoms with Gasteiger partial charge in [0.05, 0.1) is 18.3 Å². The molecule has 1 unspecified atom stereocenters. The van der Waals surface area contributed by atoms with E-state index in [1.807, 2.05) is 6.92 Å². The number of carbonyl (C=O) groups excluding carboxylic acids is 3. The van der Waals surface area contributed by atoms with Gasteiger partial charge in [0, 0.05) is 51.4 Å². The molecule has 5 rings (SSSR count). The van der Waals surface area contributed by atoms with Gasteiger partial charge in [-0.25, -0.2) is 9.78 Å². The molecular formula is C28H31F6N7O7. The van der Waals surface area contributed by atoms with Crippen LogP contribution in [0.15, 0.2) is 35.2 Å². The Morgan fingerprint density at radius 3 is 2.33 bits per heavy atom. The van der Waals surface area contributed by atoms with E-state index < -0.39 is 79.2 Å². The molecule has 48 heavy (non-hydrogen) atoms. The number of likely N-dealkylation sites (tertiary alicyclic amines) is 2. The summed E-state index contributed by atoms with van der Waals surface area (Å²) in [6.45, 7) is 2.36. The van der Waals surface area contributed by atoms with Crippen LogP contribution in [0.5, 0.6) is 0 Å². The van der Waals surface area contributed by atoms with Crippen LogP contribution in [0.4, 0.5) is 26.3 Å². The smallest absolute Gasteiger partial charge is 0.475 e. The Labute approximate surface area is 268 Å². The third-order valence-corrected chi connectivity index (χ3v) is 8.15. The highest BCUT2D eigenvalue weighted by atomic mass is 19.4. The zero-order valence-corrected chi connectivity index (χ0v) is 25.8. The topological polar surface area (TPSA) is 172 Å². The largest absolute Gasteiger partial charge is 0.490 e. The lowest BCUT2D eigenvalue weighted by Crippen LogP contribution is -2.55. The first-order valence-corrected chi connectivity index (χ1v) is 14.5. The number of hydrogen-bond donors (Lipinski definition) is 2. The van der Waals surface area contributed by atoms with Gasteiger partial charge in [-0.05, 0) is 25.5 Å². The first-order valence-electron chi connectivity index (χ1n) is 14.5. The van der Waals surface area contributed by atoms with Gasteiger partial charge < -0.3 is 24.5 Å². The first kappa shape index (κ1) is 36.1. The lowest BCUT2D eigenvalue weighted by atomic mass is 9.67. The molecule has 3 aromatic rings. The minimum absolute atomic E-state index is 0.161. The lowest BCUT2D eigenvalue weighted by molar-refractivity contribution is -0.242. The predicted molar refractivity (Wildman–Crippen MR) is 149 cm³/mol. The van der Waals surface area contributed by atoms with Crippen molar-refractivity contribution in [1.82, 2.24) is 34.9 Å². The van der Waals surface area contributed by atoms with Gasteiger partial charge in [-0.2, -0.15) is 41.2 Å². The Hall–Kier alpha value is -4.75. The van der Waals surface area contributed by atoms with E-state index >= 15 is 13.2 Å². The monoisotopic (exact) mass is 691 g/mol. The van der Waals surface area contributed by atoms with Crippen molar-refractivity contribution in [1.29, 1.82) is 0 Å². The third-order valence-electron chi connectivity index (χ3n) is 8.15. The molecular weight excluding hydrogens is 660 g/mol. The Balaban J connectivity index is 0.000000671. The molecule has 0 spiro atoms. The molecule has 0 aliphatic carbocycles. The summed E-state index contributed by atoms with van der Waals surface area (Å²) in [5, 5.41) is 18.2. The number of esters is 1. The minimum atomic E-state index is -5.08. The number of nitrogens with zero attached hydrogens (tertiary/aromatic N) is 6. The van der Waals surface area contributed by atoms with E-state index in [1.165, 1.54) is 35.8 Å². The summed E-state index contributed by atoms with van der Waals surface area (Å²) < 4.78 is 89.2. The molecule has 14 nitrogen and oxygen atoms in total. The van der Waals surface area contributed by atoms with Crippen molar-refractivity contribution in [3.8, 4) is 0 Å². The van der Waals surface area contributed by atoms with E-state index in [2.05, 4.69) is 20.5 Å². The van der Waals surface area contributed by atoms with Gasteiger partial charge in [-0.1, -0.05) is 6.92 Å². The molecule has 0 aromatic carbocycles. The Morgan fingerprint density at radius 1 is 1.08 bits per heavy atom. The summed E-state index contributed by atoms with van der Waals surface area (Å²) in [6, 6.07) is 2.07. The van der Waals surface area contributed by atoms with Crippen LogP contribution in [0.3, 0.4) is 0 Å². The number of aryl methyl sites for hydroxylation is 1. The second-order valence-electron chi connectivity index (χ2n) is 11.2. The van der Waals surface area contributed by atoms with Gasteiger partial charge in [-0.3, -0.25) is 19.3 Å². The van der Waals surface area contributed by atoms with Crippen molar-refractivity contribution >= 4 is 29.3 Å². The predicted octanol–water partition coefficient (Wildman–Crippen LogP) is 2.80. The Morgan fingerprint density at radius 2 is 1.77 bits per heavy atom. The van der Waals surface area contributed by atoms with Crippen LogP contribution in [0.1, 0.15) is 48.3 Å². The fraction of sp³-hybridized carbons (Fsp3) is 0.536. The number of fused-ring (bicyclic) bond motifs is 2. The maximum atomic E-state index is 15.3. The first-order chi connectivity index (χ1) is 22.4. The fourth-order valence-corrected chi connectivity index (χ4v) is 6.07. The van der Waals surface area contributed by atoms with Crippen LogP contribution < -0.4 is 5.32 Å². The minimum Gasteiger partial charge on any atom is -0.475 e. The van der Waals surface area contributed by atoms with Crippen molar-refractivity contribution in [3.05, 3.63) is 47.9 Å². The number of ether oxygens (including phenoxy) is 1. The molecule has 0 saturated carbocycles. The molecule has 0 bridgehead atoms. The molecule has 2 N–H and O–H groups in total. The molecule has 3 aromatic heterocycles.